The fourth-order valence-electron chi connectivity index (χ4n) is 0.756. The van der Waals surface area contributed by atoms with E-state index in [0.717, 1.165) is 14.8 Å². The van der Waals surface area contributed by atoms with Gasteiger partial charge in [0.1, 0.15) is 3.79 Å². The molecule has 0 aliphatic heterocycles. The minimum atomic E-state index is 0.819. The molecule has 0 aromatic carbocycles. The molecule has 0 spiro atoms. The maximum absolute atomic E-state index is 4.10. The number of nitrogens with zero attached hydrogens (tertiary/aromatic N) is 2. The van der Waals surface area contributed by atoms with Gasteiger partial charge in [0.2, 0.25) is 0 Å². The Balaban J connectivity index is 2.93. The summed E-state index contributed by atoms with van der Waals surface area (Å²) in [4.78, 5) is 4.07. The largest absolute Gasteiger partial charge is 0.236 e. The van der Waals surface area contributed by atoms with Crippen LogP contribution in [0.5, 0.6) is 0 Å². The first-order valence-corrected chi connectivity index (χ1v) is 4.30. The van der Waals surface area contributed by atoms with Gasteiger partial charge in [-0.1, -0.05) is 0 Å². The van der Waals surface area contributed by atoms with Crippen molar-refractivity contribution < 1.29 is 0 Å². The molecule has 10 heavy (non-hydrogen) atoms. The quantitative estimate of drug-likeness (QED) is 0.674. The van der Waals surface area contributed by atoms with E-state index in [1.165, 1.54) is 11.5 Å². The van der Waals surface area contributed by atoms with Gasteiger partial charge >= 0.3 is 0 Å². The molecule has 2 rings (SSSR count). The first kappa shape index (κ1) is 6.24. The normalized spacial score (nSPS) is 10.5. The Morgan fingerprint density at radius 3 is 3.20 bits per heavy atom. The van der Waals surface area contributed by atoms with Crippen molar-refractivity contribution >= 4 is 38.5 Å². The fraction of sp³-hybridized carbons (Fsp3) is 0. The number of fused-ring (bicyclic) bond motifs is 1. The molecular formula is C6H3BrN2S. The lowest BCUT2D eigenvalue weighted by atomic mass is 10.4. The van der Waals surface area contributed by atoms with Crippen LogP contribution in [-0.2, 0) is 0 Å². The van der Waals surface area contributed by atoms with Crippen molar-refractivity contribution in [3.63, 3.8) is 0 Å². The third-order valence-electron chi connectivity index (χ3n) is 1.21. The maximum Gasteiger partial charge on any atom is 0.173 e. The first-order valence-electron chi connectivity index (χ1n) is 2.74. The van der Waals surface area contributed by atoms with Crippen molar-refractivity contribution in [1.82, 2.24) is 9.36 Å². The molecule has 0 radical (unpaired) electrons. The van der Waals surface area contributed by atoms with Crippen LogP contribution in [0.1, 0.15) is 0 Å². The summed E-state index contributed by atoms with van der Waals surface area (Å²) in [5.74, 6) is 0. The van der Waals surface area contributed by atoms with Gasteiger partial charge in [-0.15, -0.1) is 0 Å². The second kappa shape index (κ2) is 2.29. The van der Waals surface area contributed by atoms with Gasteiger partial charge < -0.3 is 0 Å². The van der Waals surface area contributed by atoms with Crippen LogP contribution in [0.2, 0.25) is 0 Å². The molecule has 0 bridgehead atoms. The van der Waals surface area contributed by atoms with E-state index in [0.29, 0.717) is 0 Å². The Kier molecular flexibility index (Phi) is 1.43. The smallest absolute Gasteiger partial charge is 0.173 e. The predicted molar refractivity (Wildman–Crippen MR) is 45.1 cm³/mol. The summed E-state index contributed by atoms with van der Waals surface area (Å²) in [6.07, 6.45) is 1.74. The Hall–Kier alpha value is -0.480. The Labute approximate surface area is 70.2 Å². The van der Waals surface area contributed by atoms with Crippen molar-refractivity contribution in [2.45, 2.75) is 0 Å². The van der Waals surface area contributed by atoms with E-state index in [1.807, 2.05) is 12.1 Å². The number of rotatable bonds is 0. The fourth-order valence-corrected chi connectivity index (χ4v) is 1.85. The van der Waals surface area contributed by atoms with Gasteiger partial charge in [0.05, 0.1) is 0 Å². The van der Waals surface area contributed by atoms with Crippen LogP contribution in [0.25, 0.3) is 11.0 Å². The minimum absolute atomic E-state index is 0.819. The van der Waals surface area contributed by atoms with E-state index < -0.39 is 0 Å². The molecule has 0 N–H and O–H groups in total. The van der Waals surface area contributed by atoms with Crippen molar-refractivity contribution in [2.24, 2.45) is 0 Å². The molecule has 2 aromatic rings. The van der Waals surface area contributed by atoms with Crippen molar-refractivity contribution in [3.8, 4) is 0 Å². The highest BCUT2D eigenvalue weighted by Crippen LogP contribution is 2.25. The molecule has 0 atom stereocenters. The Bertz CT molecular complexity index is 357. The van der Waals surface area contributed by atoms with E-state index in [4.69, 9.17) is 0 Å². The summed E-state index contributed by atoms with van der Waals surface area (Å²) in [7, 11) is 0. The molecule has 0 fully saturated rings. The van der Waals surface area contributed by atoms with Gasteiger partial charge in [0.15, 0.2) is 5.65 Å². The van der Waals surface area contributed by atoms with Gasteiger partial charge in [-0.3, -0.25) is 0 Å². The topological polar surface area (TPSA) is 25.8 Å². The van der Waals surface area contributed by atoms with E-state index >= 15 is 0 Å². The zero-order valence-electron chi connectivity index (χ0n) is 4.91. The van der Waals surface area contributed by atoms with E-state index in [9.17, 15) is 0 Å². The maximum atomic E-state index is 4.10. The van der Waals surface area contributed by atoms with Crippen LogP contribution in [0.15, 0.2) is 22.1 Å². The predicted octanol–water partition coefficient (Wildman–Crippen LogP) is 2.45. The van der Waals surface area contributed by atoms with Crippen molar-refractivity contribution in [1.29, 1.82) is 0 Å². The van der Waals surface area contributed by atoms with Crippen LogP contribution in [0.4, 0.5) is 0 Å². The summed E-state index contributed by atoms with van der Waals surface area (Å²) < 4.78 is 5.15. The minimum Gasteiger partial charge on any atom is -0.236 e. The highest BCUT2D eigenvalue weighted by molar-refractivity contribution is 9.11. The van der Waals surface area contributed by atoms with Crippen molar-refractivity contribution in [3.05, 3.63) is 22.1 Å². The van der Waals surface area contributed by atoms with Gasteiger partial charge in [0.25, 0.3) is 0 Å². The summed E-state index contributed by atoms with van der Waals surface area (Å²) in [6, 6.07) is 3.90. The number of aromatic nitrogens is 2. The average molecular weight is 215 g/mol. The number of pyridine rings is 1. The molecule has 0 unspecified atom stereocenters. The van der Waals surface area contributed by atoms with Crippen LogP contribution >= 0.6 is 27.5 Å². The zero-order valence-corrected chi connectivity index (χ0v) is 7.32. The van der Waals surface area contributed by atoms with Crippen LogP contribution < -0.4 is 0 Å². The molecule has 0 amide bonds. The average Bonchev–Trinajstić information content (AvgIpc) is 2.34. The second-order valence-corrected chi connectivity index (χ2v) is 3.92. The van der Waals surface area contributed by atoms with Gasteiger partial charge in [-0.25, -0.2) is 4.98 Å². The first-order chi connectivity index (χ1) is 4.88. The molecule has 0 aliphatic rings. The summed E-state index contributed by atoms with van der Waals surface area (Å²) in [6.45, 7) is 0. The van der Waals surface area contributed by atoms with Crippen LogP contribution in [-0.4, -0.2) is 9.36 Å². The monoisotopic (exact) mass is 214 g/mol. The summed E-state index contributed by atoms with van der Waals surface area (Å²) >= 11 is 4.80. The molecule has 2 aromatic heterocycles. The molecule has 0 saturated carbocycles. The summed E-state index contributed by atoms with van der Waals surface area (Å²) in [5.41, 5.74) is 0.819. The highest BCUT2D eigenvalue weighted by atomic mass is 79.9. The molecule has 0 aliphatic carbocycles. The molecule has 4 heteroatoms. The van der Waals surface area contributed by atoms with E-state index in [2.05, 4.69) is 25.3 Å². The highest BCUT2D eigenvalue weighted by Gasteiger charge is 2.00. The van der Waals surface area contributed by atoms with Crippen LogP contribution in [0.3, 0.4) is 0 Å². The van der Waals surface area contributed by atoms with Gasteiger partial charge in [-0.2, -0.15) is 4.37 Å². The number of hydrogen-bond acceptors (Lipinski definition) is 3. The summed E-state index contributed by atoms with van der Waals surface area (Å²) in [5, 5.41) is 1.09. The lowest BCUT2D eigenvalue weighted by molar-refractivity contribution is 1.37. The van der Waals surface area contributed by atoms with E-state index in [1.54, 1.807) is 6.20 Å². The molecule has 2 nitrogen and oxygen atoms in total. The number of hydrogen-bond donors (Lipinski definition) is 0. The lowest BCUT2D eigenvalue weighted by Crippen LogP contribution is -1.70. The molecular weight excluding hydrogens is 212 g/mol. The van der Waals surface area contributed by atoms with Gasteiger partial charge in [0, 0.05) is 11.6 Å². The Morgan fingerprint density at radius 2 is 2.40 bits per heavy atom. The molecule has 50 valence electrons. The van der Waals surface area contributed by atoms with Crippen LogP contribution in [0, 0.1) is 0 Å². The molecule has 2 heterocycles. The third-order valence-corrected chi connectivity index (χ3v) is 2.72. The second-order valence-electron chi connectivity index (χ2n) is 1.83. The number of halogens is 1. The molecule has 0 saturated heterocycles. The Morgan fingerprint density at radius 1 is 1.50 bits per heavy atom. The van der Waals surface area contributed by atoms with E-state index in [-0.39, 0.29) is 0 Å². The zero-order chi connectivity index (χ0) is 6.97. The van der Waals surface area contributed by atoms with Crippen molar-refractivity contribution in [2.75, 3.05) is 0 Å². The third kappa shape index (κ3) is 0.839. The standard InChI is InChI=1S/C6H3BrN2S/c7-5-4-2-1-3-8-6(4)9-10-5/h1-3H. The lowest BCUT2D eigenvalue weighted by Gasteiger charge is -1.82. The van der Waals surface area contributed by atoms with Gasteiger partial charge in [-0.05, 0) is 39.6 Å². The SMILES string of the molecule is Brc1snc2ncccc12.